The van der Waals surface area contributed by atoms with Crippen molar-refractivity contribution in [1.29, 1.82) is 0 Å². The molecule has 4 rings (SSSR count). The summed E-state index contributed by atoms with van der Waals surface area (Å²) < 4.78 is 7.90. The van der Waals surface area contributed by atoms with Gasteiger partial charge >= 0.3 is 0 Å². The number of nitrogens with one attached hydrogen (secondary N) is 1. The molecule has 2 fully saturated rings. The minimum absolute atomic E-state index is 0.149. The molecule has 0 spiro atoms. The lowest BCUT2D eigenvalue weighted by atomic mass is 9.73. The van der Waals surface area contributed by atoms with Crippen LogP contribution < -0.4 is 11.1 Å². The molecule has 2 saturated carbocycles. The molecule has 1 aromatic heterocycles. The molecule has 7 heteroatoms. The Morgan fingerprint density at radius 3 is 2.08 bits per heavy atom. The van der Waals surface area contributed by atoms with Gasteiger partial charge in [0, 0.05) is 31.6 Å². The topological polar surface area (TPSA) is 82.2 Å². The highest BCUT2D eigenvalue weighted by Gasteiger charge is 2.30. The van der Waals surface area contributed by atoms with Crippen LogP contribution in [0.25, 0.3) is 11.1 Å². The quantitative estimate of drug-likeness (QED) is 0.180. The Hall–Kier alpha value is -2.38. The van der Waals surface area contributed by atoms with Crippen LogP contribution in [0, 0.1) is 25.7 Å². The number of hydrogen-bond acceptors (Lipinski definition) is 4. The van der Waals surface area contributed by atoms with Crippen LogP contribution in [0.3, 0.4) is 0 Å². The molecule has 2 aliphatic carbocycles. The highest BCUT2D eigenvalue weighted by atomic mass is 28.3. The Morgan fingerprint density at radius 1 is 0.974 bits per heavy atom. The van der Waals surface area contributed by atoms with E-state index in [9.17, 15) is 4.79 Å². The van der Waals surface area contributed by atoms with Gasteiger partial charge in [-0.05, 0) is 80.7 Å². The van der Waals surface area contributed by atoms with Gasteiger partial charge in [0.2, 0.25) is 0 Å². The third kappa shape index (κ3) is 7.85. The van der Waals surface area contributed by atoms with E-state index in [4.69, 9.17) is 15.6 Å². The Kier molecular flexibility index (Phi) is 10.1. The summed E-state index contributed by atoms with van der Waals surface area (Å²) in [5.41, 5.74) is 13.4. The second kappa shape index (κ2) is 13.3. The number of aromatic nitrogens is 2. The number of anilines is 1. The molecular formula is C32H50N4O2Si. The molecule has 2 aliphatic rings. The predicted octanol–water partition coefficient (Wildman–Crippen LogP) is 7.79. The van der Waals surface area contributed by atoms with Crippen molar-refractivity contribution in [3.05, 3.63) is 46.9 Å². The summed E-state index contributed by atoms with van der Waals surface area (Å²) in [6, 6.07) is 9.22. The monoisotopic (exact) mass is 550 g/mol. The first kappa shape index (κ1) is 29.6. The molecule has 214 valence electrons. The maximum absolute atomic E-state index is 13.4. The summed E-state index contributed by atoms with van der Waals surface area (Å²) in [5, 5.41) is 7.83. The number of allylic oxidation sites excluding steroid dienone is 1. The molecule has 6 nitrogen and oxygen atoms in total. The van der Waals surface area contributed by atoms with Crippen molar-refractivity contribution in [3.8, 4) is 11.1 Å². The fourth-order valence-electron chi connectivity index (χ4n) is 6.42. The zero-order valence-electron chi connectivity index (χ0n) is 24.9. The fraction of sp³-hybridized carbons (Fsp3) is 0.625. The van der Waals surface area contributed by atoms with Crippen LogP contribution in [0.1, 0.15) is 75.6 Å². The van der Waals surface area contributed by atoms with E-state index in [1.54, 1.807) is 0 Å². The number of carbonyl (C=O) groups excluding carboxylic acids is 1. The summed E-state index contributed by atoms with van der Waals surface area (Å²) in [4.78, 5) is 13.4. The molecule has 0 unspecified atom stereocenters. The van der Waals surface area contributed by atoms with Crippen molar-refractivity contribution in [1.82, 2.24) is 9.78 Å². The molecule has 1 aromatic carbocycles. The number of benzene rings is 1. The van der Waals surface area contributed by atoms with Gasteiger partial charge in [-0.25, -0.2) is 4.68 Å². The van der Waals surface area contributed by atoms with Gasteiger partial charge in [-0.2, -0.15) is 5.10 Å². The van der Waals surface area contributed by atoms with E-state index in [0.29, 0.717) is 24.3 Å². The summed E-state index contributed by atoms with van der Waals surface area (Å²) in [6.45, 7) is 12.5. The Morgan fingerprint density at radius 2 is 1.54 bits per heavy atom. The predicted molar refractivity (Wildman–Crippen MR) is 164 cm³/mol. The number of carbonyl (C=O) groups is 1. The average Bonchev–Trinajstić information content (AvgIpc) is 3.20. The molecular weight excluding hydrogens is 500 g/mol. The van der Waals surface area contributed by atoms with Crippen molar-refractivity contribution in [2.45, 2.75) is 110 Å². The summed E-state index contributed by atoms with van der Waals surface area (Å²) in [7, 11) is -1.11. The van der Waals surface area contributed by atoms with E-state index in [1.807, 2.05) is 23.7 Å². The molecule has 1 amide bonds. The maximum Gasteiger partial charge on any atom is 0.271 e. The first-order chi connectivity index (χ1) is 18.6. The van der Waals surface area contributed by atoms with Crippen molar-refractivity contribution in [2.75, 3.05) is 11.9 Å². The summed E-state index contributed by atoms with van der Waals surface area (Å²) in [6.07, 6.45) is 12.3. The van der Waals surface area contributed by atoms with E-state index < -0.39 is 8.07 Å². The minimum Gasteiger partial charge on any atom is -0.394 e. The van der Waals surface area contributed by atoms with Crippen molar-refractivity contribution >= 4 is 19.7 Å². The number of amides is 1. The highest BCUT2D eigenvalue weighted by molar-refractivity contribution is 6.76. The van der Waals surface area contributed by atoms with Crippen molar-refractivity contribution in [2.24, 2.45) is 17.6 Å². The number of nitrogens with two attached hydrogens (primary N) is 1. The number of hydrogen-bond donors (Lipinski definition) is 2. The summed E-state index contributed by atoms with van der Waals surface area (Å²) in [5.74, 6) is 0.790. The van der Waals surface area contributed by atoms with E-state index in [0.717, 1.165) is 40.9 Å². The number of aryl methyl sites for hydroxylation is 1. The van der Waals surface area contributed by atoms with Gasteiger partial charge in [0.15, 0.2) is 0 Å². The number of nitrogens with zero attached hydrogens (tertiary/aromatic N) is 2. The van der Waals surface area contributed by atoms with Gasteiger partial charge in [0.05, 0.1) is 11.4 Å². The van der Waals surface area contributed by atoms with Crippen molar-refractivity contribution in [3.63, 3.8) is 0 Å². The van der Waals surface area contributed by atoms with Crippen LogP contribution in [0.5, 0.6) is 0 Å². The first-order valence-corrected chi connectivity index (χ1v) is 18.9. The van der Waals surface area contributed by atoms with E-state index in [-0.39, 0.29) is 5.91 Å². The third-order valence-corrected chi connectivity index (χ3v) is 10.4. The second-order valence-corrected chi connectivity index (χ2v) is 18.6. The smallest absolute Gasteiger partial charge is 0.271 e. The lowest BCUT2D eigenvalue weighted by Gasteiger charge is -2.33. The lowest BCUT2D eigenvalue weighted by Crippen LogP contribution is -2.29. The van der Waals surface area contributed by atoms with Gasteiger partial charge < -0.3 is 15.8 Å². The van der Waals surface area contributed by atoms with Crippen LogP contribution in [-0.2, 0) is 16.3 Å². The Bertz CT molecular complexity index is 1110. The van der Waals surface area contributed by atoms with Crippen LogP contribution >= 0.6 is 0 Å². The van der Waals surface area contributed by atoms with Crippen LogP contribution in [0.2, 0.25) is 25.7 Å². The second-order valence-electron chi connectivity index (χ2n) is 13.0. The van der Waals surface area contributed by atoms with Gasteiger partial charge in [-0.1, -0.05) is 70.3 Å². The lowest BCUT2D eigenvalue weighted by molar-refractivity contribution is -0.113. The van der Waals surface area contributed by atoms with E-state index >= 15 is 0 Å². The molecule has 2 aromatic rings. The zero-order chi connectivity index (χ0) is 28.0. The average molecular weight is 551 g/mol. The van der Waals surface area contributed by atoms with Gasteiger partial charge in [-0.15, -0.1) is 0 Å². The zero-order valence-corrected chi connectivity index (χ0v) is 25.9. The minimum atomic E-state index is -1.11. The fourth-order valence-corrected chi connectivity index (χ4v) is 7.18. The molecule has 39 heavy (non-hydrogen) atoms. The molecule has 1 heterocycles. The first-order valence-electron chi connectivity index (χ1n) is 15.2. The normalized spacial score (nSPS) is 17.3. The van der Waals surface area contributed by atoms with Gasteiger partial charge in [0.25, 0.3) is 5.91 Å². The van der Waals surface area contributed by atoms with E-state index in [2.05, 4.69) is 44.0 Å². The highest BCUT2D eigenvalue weighted by Crippen LogP contribution is 2.40. The molecule has 0 radical (unpaired) electrons. The van der Waals surface area contributed by atoms with Gasteiger partial charge in [-0.3, -0.25) is 4.79 Å². The van der Waals surface area contributed by atoms with Crippen molar-refractivity contribution < 1.29 is 9.53 Å². The SMILES string of the molecule is Cc1nn(COCC[Si](C)(C)C)c(C)c1-c1ccc(NC(=O)C(N)=C(C2CCCCC2)C2CCCCC2)cc1. The van der Waals surface area contributed by atoms with E-state index in [1.165, 1.54) is 69.8 Å². The van der Waals surface area contributed by atoms with Crippen LogP contribution in [0.4, 0.5) is 5.69 Å². The maximum atomic E-state index is 13.4. The molecule has 0 bridgehead atoms. The summed E-state index contributed by atoms with van der Waals surface area (Å²) >= 11 is 0. The Labute approximate surface area is 236 Å². The van der Waals surface area contributed by atoms with Crippen LogP contribution in [-0.4, -0.2) is 30.4 Å². The molecule has 3 N–H and O–H groups in total. The number of rotatable bonds is 10. The molecule has 0 atom stereocenters. The Balaban J connectivity index is 1.45. The number of ether oxygens (including phenoxy) is 1. The third-order valence-electron chi connectivity index (χ3n) is 8.67. The standard InChI is InChI=1S/C32H50N4O2Si/c1-23-29(24(2)36(35-23)22-38-20-21-39(3,4)5)27-16-18-28(19-17-27)34-32(37)31(33)30(25-12-8-6-9-13-25)26-14-10-7-11-15-26/h16-19,25-26H,6-15,20-22,33H2,1-5H3,(H,34,37). The van der Waals surface area contributed by atoms with Crippen LogP contribution in [0.15, 0.2) is 35.5 Å². The molecule has 0 saturated heterocycles. The largest absolute Gasteiger partial charge is 0.394 e. The van der Waals surface area contributed by atoms with Gasteiger partial charge in [0.1, 0.15) is 6.73 Å². The molecule has 0 aliphatic heterocycles.